The zero-order chi connectivity index (χ0) is 27.1. The SMILES string of the molecule is COc1ccc(C2/C(=C(\O)c3ccc4c(c3)N(C)CCO4)C(=O)C(=O)N2c2cc(Cl)ccc2C)cc1OC. The highest BCUT2D eigenvalue weighted by atomic mass is 35.5. The van der Waals surface area contributed by atoms with Gasteiger partial charge in [0, 0.05) is 23.3 Å². The number of ketones is 1. The number of Topliss-reactive ketones (excluding diaryl/α,β-unsaturated/α-hetero) is 1. The molecular weight excluding hydrogens is 508 g/mol. The second kappa shape index (κ2) is 9.95. The number of nitrogens with zero attached hydrogens (tertiary/aromatic N) is 2. The second-order valence-electron chi connectivity index (χ2n) is 9.17. The van der Waals surface area contributed by atoms with Crippen molar-refractivity contribution in [2.75, 3.05) is 44.2 Å². The Labute approximate surface area is 225 Å². The number of halogens is 1. The maximum Gasteiger partial charge on any atom is 0.300 e. The Hall–Kier alpha value is -4.17. The van der Waals surface area contributed by atoms with E-state index in [0.717, 1.165) is 11.3 Å². The molecule has 5 rings (SSSR count). The fourth-order valence-electron chi connectivity index (χ4n) is 4.91. The number of likely N-dealkylation sites (N-methyl/N-ethyl adjacent to an activating group) is 1. The van der Waals surface area contributed by atoms with E-state index in [1.807, 2.05) is 18.9 Å². The van der Waals surface area contributed by atoms with Crippen LogP contribution in [0.4, 0.5) is 11.4 Å². The summed E-state index contributed by atoms with van der Waals surface area (Å²) in [5.41, 5.74) is 2.91. The zero-order valence-electron chi connectivity index (χ0n) is 21.4. The van der Waals surface area contributed by atoms with Crippen molar-refractivity contribution >= 4 is 40.4 Å². The average molecular weight is 535 g/mol. The van der Waals surface area contributed by atoms with Gasteiger partial charge in [0.2, 0.25) is 0 Å². The van der Waals surface area contributed by atoms with Gasteiger partial charge >= 0.3 is 0 Å². The first-order valence-electron chi connectivity index (χ1n) is 12.0. The highest BCUT2D eigenvalue weighted by Crippen LogP contribution is 2.46. The molecule has 3 aromatic carbocycles. The molecule has 1 fully saturated rings. The van der Waals surface area contributed by atoms with Crippen molar-refractivity contribution in [1.29, 1.82) is 0 Å². The van der Waals surface area contributed by atoms with Gasteiger partial charge in [0.1, 0.15) is 18.1 Å². The molecule has 0 bridgehead atoms. The molecule has 2 heterocycles. The average Bonchev–Trinajstić information content (AvgIpc) is 3.19. The Balaban J connectivity index is 1.74. The third-order valence-electron chi connectivity index (χ3n) is 6.93. The van der Waals surface area contributed by atoms with Crippen LogP contribution in [0.1, 0.15) is 22.7 Å². The molecule has 1 unspecified atom stereocenters. The lowest BCUT2D eigenvalue weighted by atomic mass is 9.94. The lowest BCUT2D eigenvalue weighted by molar-refractivity contribution is -0.132. The topological polar surface area (TPSA) is 88.5 Å². The van der Waals surface area contributed by atoms with Gasteiger partial charge in [-0.25, -0.2) is 0 Å². The summed E-state index contributed by atoms with van der Waals surface area (Å²) in [7, 11) is 4.96. The van der Waals surface area contributed by atoms with Gasteiger partial charge in [-0.2, -0.15) is 0 Å². The summed E-state index contributed by atoms with van der Waals surface area (Å²) < 4.78 is 16.6. The van der Waals surface area contributed by atoms with Gasteiger partial charge < -0.3 is 24.2 Å². The van der Waals surface area contributed by atoms with Crippen LogP contribution in [0.5, 0.6) is 17.2 Å². The molecule has 38 heavy (non-hydrogen) atoms. The maximum atomic E-state index is 13.6. The van der Waals surface area contributed by atoms with E-state index in [2.05, 4.69) is 0 Å². The van der Waals surface area contributed by atoms with Crippen LogP contribution in [0.25, 0.3) is 5.76 Å². The third-order valence-corrected chi connectivity index (χ3v) is 7.16. The van der Waals surface area contributed by atoms with Gasteiger partial charge in [-0.1, -0.05) is 23.7 Å². The summed E-state index contributed by atoms with van der Waals surface area (Å²) >= 11 is 6.30. The molecule has 1 amide bonds. The minimum absolute atomic E-state index is 0.0408. The van der Waals surface area contributed by atoms with Gasteiger partial charge in [0.15, 0.2) is 11.5 Å². The van der Waals surface area contributed by atoms with Gasteiger partial charge in [-0.05, 0) is 60.5 Å². The number of carbonyl (C=O) groups is 2. The molecule has 2 aliphatic rings. The Kier molecular flexibility index (Phi) is 6.67. The first-order chi connectivity index (χ1) is 18.2. The minimum atomic E-state index is -0.947. The lowest BCUT2D eigenvalue weighted by Gasteiger charge is -2.29. The smallest absolute Gasteiger partial charge is 0.300 e. The van der Waals surface area contributed by atoms with Crippen molar-refractivity contribution in [2.45, 2.75) is 13.0 Å². The molecular formula is C29H27ClN2O6. The van der Waals surface area contributed by atoms with Crippen molar-refractivity contribution in [3.63, 3.8) is 0 Å². The van der Waals surface area contributed by atoms with Crippen LogP contribution < -0.4 is 24.0 Å². The molecule has 9 heteroatoms. The van der Waals surface area contributed by atoms with Crippen LogP contribution >= 0.6 is 11.6 Å². The number of methoxy groups -OCH3 is 2. The van der Waals surface area contributed by atoms with Crippen molar-refractivity contribution in [1.82, 2.24) is 0 Å². The molecule has 8 nitrogen and oxygen atoms in total. The molecule has 1 N–H and O–H groups in total. The summed E-state index contributed by atoms with van der Waals surface area (Å²) in [6.45, 7) is 3.06. The van der Waals surface area contributed by atoms with Crippen LogP contribution in [-0.4, -0.2) is 51.2 Å². The number of ether oxygens (including phenoxy) is 3. The van der Waals surface area contributed by atoms with E-state index >= 15 is 0 Å². The van der Waals surface area contributed by atoms with Crippen LogP contribution in [0.3, 0.4) is 0 Å². The molecule has 0 radical (unpaired) electrons. The molecule has 3 aromatic rings. The summed E-state index contributed by atoms with van der Waals surface area (Å²) in [6.07, 6.45) is 0. The zero-order valence-corrected chi connectivity index (χ0v) is 22.2. The van der Waals surface area contributed by atoms with Crippen LogP contribution in [-0.2, 0) is 9.59 Å². The van der Waals surface area contributed by atoms with Crippen LogP contribution in [0.2, 0.25) is 5.02 Å². The minimum Gasteiger partial charge on any atom is -0.507 e. The van der Waals surface area contributed by atoms with Crippen molar-refractivity contribution < 1.29 is 28.9 Å². The Morgan fingerprint density at radius 3 is 2.50 bits per heavy atom. The fourth-order valence-corrected chi connectivity index (χ4v) is 5.08. The lowest BCUT2D eigenvalue weighted by Crippen LogP contribution is -2.30. The summed E-state index contributed by atoms with van der Waals surface area (Å²) in [6, 6.07) is 14.5. The molecule has 2 aliphatic heterocycles. The highest BCUT2D eigenvalue weighted by Gasteiger charge is 2.47. The van der Waals surface area contributed by atoms with Crippen molar-refractivity contribution in [2.24, 2.45) is 0 Å². The van der Waals surface area contributed by atoms with E-state index in [9.17, 15) is 14.7 Å². The van der Waals surface area contributed by atoms with E-state index in [1.165, 1.54) is 19.1 Å². The largest absolute Gasteiger partial charge is 0.507 e. The quantitative estimate of drug-likeness (QED) is 0.276. The summed E-state index contributed by atoms with van der Waals surface area (Å²) in [4.78, 5) is 30.5. The number of hydrogen-bond donors (Lipinski definition) is 1. The number of aliphatic hydroxyl groups is 1. The van der Waals surface area contributed by atoms with Gasteiger partial charge in [0.05, 0.1) is 38.1 Å². The molecule has 196 valence electrons. The summed E-state index contributed by atoms with van der Waals surface area (Å²) in [5, 5.41) is 12.0. The second-order valence-corrected chi connectivity index (χ2v) is 9.60. The number of amides is 1. The highest BCUT2D eigenvalue weighted by molar-refractivity contribution is 6.52. The number of anilines is 2. The first kappa shape index (κ1) is 25.5. The molecule has 0 aliphatic carbocycles. The van der Waals surface area contributed by atoms with Crippen LogP contribution in [0, 0.1) is 6.92 Å². The van der Waals surface area contributed by atoms with Crippen LogP contribution in [0.15, 0.2) is 60.2 Å². The van der Waals surface area contributed by atoms with E-state index in [-0.39, 0.29) is 11.3 Å². The number of benzene rings is 3. The van der Waals surface area contributed by atoms with Crippen molar-refractivity contribution in [3.8, 4) is 17.2 Å². The van der Waals surface area contributed by atoms with E-state index < -0.39 is 17.7 Å². The number of hydrogen-bond acceptors (Lipinski definition) is 7. The summed E-state index contributed by atoms with van der Waals surface area (Å²) in [5.74, 6) is -0.260. The molecule has 0 spiro atoms. The van der Waals surface area contributed by atoms with E-state index in [1.54, 1.807) is 54.6 Å². The maximum absolute atomic E-state index is 13.6. The third kappa shape index (κ3) is 4.20. The van der Waals surface area contributed by atoms with E-state index in [0.29, 0.717) is 52.2 Å². The Morgan fingerprint density at radius 2 is 1.76 bits per heavy atom. The number of aryl methyl sites for hydroxylation is 1. The Morgan fingerprint density at radius 1 is 1.00 bits per heavy atom. The number of rotatable bonds is 5. The number of carbonyl (C=O) groups excluding carboxylic acids is 2. The predicted octanol–water partition coefficient (Wildman–Crippen LogP) is 5.12. The monoisotopic (exact) mass is 534 g/mol. The standard InChI is InChI=1S/C29H27ClN2O6/c1-16-5-8-19(30)15-20(16)32-26(17-6-10-23(36-3)24(14-17)37-4)25(28(34)29(32)35)27(33)18-7-9-22-21(13-18)31(2)11-12-38-22/h5-10,13-15,26,33H,11-12H2,1-4H3/b27-25+. The molecule has 1 atom stereocenters. The van der Waals surface area contributed by atoms with Gasteiger partial charge in [-0.15, -0.1) is 0 Å². The first-order valence-corrected chi connectivity index (χ1v) is 12.4. The van der Waals surface area contributed by atoms with E-state index in [4.69, 9.17) is 25.8 Å². The van der Waals surface area contributed by atoms with Gasteiger partial charge in [-0.3, -0.25) is 14.5 Å². The number of fused-ring (bicyclic) bond motifs is 1. The molecule has 1 saturated heterocycles. The van der Waals surface area contributed by atoms with Crippen molar-refractivity contribution in [3.05, 3.63) is 81.9 Å². The molecule has 0 saturated carbocycles. The number of aliphatic hydroxyl groups excluding tert-OH is 1. The predicted molar refractivity (Wildman–Crippen MR) is 146 cm³/mol. The molecule has 0 aromatic heterocycles. The van der Waals surface area contributed by atoms with Gasteiger partial charge in [0.25, 0.3) is 11.7 Å². The Bertz CT molecular complexity index is 1480. The normalized spacial score (nSPS) is 18.3. The fraction of sp³-hybridized carbons (Fsp3) is 0.241.